The van der Waals surface area contributed by atoms with Crippen LogP contribution in [0.2, 0.25) is 0 Å². The first-order valence-electron chi connectivity index (χ1n) is 5.30. The van der Waals surface area contributed by atoms with Gasteiger partial charge in [0, 0.05) is 5.69 Å². The second-order valence-electron chi connectivity index (χ2n) is 3.88. The van der Waals surface area contributed by atoms with Gasteiger partial charge in [0.2, 0.25) is 0 Å². The highest BCUT2D eigenvalue weighted by molar-refractivity contribution is 7.92. The van der Waals surface area contributed by atoms with Crippen LogP contribution in [0.15, 0.2) is 34.0 Å². The van der Waals surface area contributed by atoms with E-state index in [1.807, 2.05) is 0 Å². The molecule has 102 valence electrons. The Morgan fingerprint density at radius 3 is 2.74 bits per heavy atom. The molecule has 2 aromatic rings. The highest BCUT2D eigenvalue weighted by Crippen LogP contribution is 2.30. The quantitative estimate of drug-likeness (QED) is 0.821. The zero-order chi connectivity index (χ0) is 14.0. The smallest absolute Gasteiger partial charge is 0.265 e. The van der Waals surface area contributed by atoms with Gasteiger partial charge < -0.3 is 15.0 Å². The van der Waals surface area contributed by atoms with E-state index in [0.29, 0.717) is 5.69 Å². The largest absolute Gasteiger partial charge is 0.495 e. The number of aryl methyl sites for hydroxylation is 1. The van der Waals surface area contributed by atoms with Crippen molar-refractivity contribution in [2.24, 2.45) is 0 Å². The zero-order valence-electron chi connectivity index (χ0n) is 10.4. The highest BCUT2D eigenvalue weighted by Gasteiger charge is 2.21. The summed E-state index contributed by atoms with van der Waals surface area (Å²) < 4.78 is 36.4. The molecule has 1 heterocycles. The molecule has 1 aromatic heterocycles. The molecule has 19 heavy (non-hydrogen) atoms. The van der Waals surface area contributed by atoms with Gasteiger partial charge in [-0.2, -0.15) is 0 Å². The number of benzene rings is 1. The number of hydrogen-bond donors (Lipinski definition) is 2. The Hall–Kier alpha value is -2.22. The molecular formula is C11H13N3O4S. The molecule has 3 N–H and O–H groups in total. The predicted molar refractivity (Wildman–Crippen MR) is 69.5 cm³/mol. The number of nitrogens with two attached hydrogens (primary N) is 1. The molecule has 7 nitrogen and oxygen atoms in total. The lowest BCUT2D eigenvalue weighted by molar-refractivity contribution is 0.402. The van der Waals surface area contributed by atoms with Crippen molar-refractivity contribution < 1.29 is 17.7 Å². The molecule has 8 heteroatoms. The lowest BCUT2D eigenvalue weighted by Crippen LogP contribution is -2.14. The normalized spacial score (nSPS) is 11.3. The minimum absolute atomic E-state index is 0.0423. The first kappa shape index (κ1) is 13.2. The average molecular weight is 283 g/mol. The standard InChI is InChI=1S/C11H13N3O4S/c1-7-3-10(17-2)11(4-9(7)12)19(15,16)14-8-5-13-18-6-8/h3-6,14H,12H2,1-2H3. The Balaban J connectivity index is 2.48. The van der Waals surface area contributed by atoms with Crippen molar-refractivity contribution in [1.29, 1.82) is 0 Å². The van der Waals surface area contributed by atoms with E-state index in [2.05, 4.69) is 14.4 Å². The fourth-order valence-corrected chi connectivity index (χ4v) is 2.72. The number of nitrogens with one attached hydrogen (secondary N) is 1. The van der Waals surface area contributed by atoms with Gasteiger partial charge in [0.25, 0.3) is 10.0 Å². The highest BCUT2D eigenvalue weighted by atomic mass is 32.2. The van der Waals surface area contributed by atoms with Crippen molar-refractivity contribution in [3.05, 3.63) is 30.2 Å². The molecular weight excluding hydrogens is 270 g/mol. The molecule has 2 rings (SSSR count). The molecule has 0 saturated carbocycles. The summed E-state index contributed by atoms with van der Waals surface area (Å²) in [5.41, 5.74) is 7.06. The average Bonchev–Trinajstić information content (AvgIpc) is 2.84. The summed E-state index contributed by atoms with van der Waals surface area (Å²) in [6.07, 6.45) is 2.43. The van der Waals surface area contributed by atoms with E-state index in [4.69, 9.17) is 10.5 Å². The topological polar surface area (TPSA) is 107 Å². The Morgan fingerprint density at radius 1 is 1.42 bits per heavy atom. The van der Waals surface area contributed by atoms with Crippen molar-refractivity contribution >= 4 is 21.4 Å². The maximum absolute atomic E-state index is 12.2. The van der Waals surface area contributed by atoms with Crippen LogP contribution in [-0.2, 0) is 10.0 Å². The monoisotopic (exact) mass is 283 g/mol. The SMILES string of the molecule is COc1cc(C)c(N)cc1S(=O)(=O)Nc1cnoc1. The van der Waals surface area contributed by atoms with Crippen LogP contribution in [-0.4, -0.2) is 20.7 Å². The fourth-order valence-electron chi connectivity index (χ4n) is 1.51. The molecule has 0 aliphatic heterocycles. The molecule has 0 radical (unpaired) electrons. The third-order valence-electron chi connectivity index (χ3n) is 2.53. The van der Waals surface area contributed by atoms with Crippen LogP contribution in [0.3, 0.4) is 0 Å². The molecule has 0 amide bonds. The van der Waals surface area contributed by atoms with Gasteiger partial charge in [0.05, 0.1) is 13.3 Å². The van der Waals surface area contributed by atoms with Gasteiger partial charge in [-0.25, -0.2) is 8.42 Å². The molecule has 0 aliphatic carbocycles. The minimum atomic E-state index is -3.82. The predicted octanol–water partition coefficient (Wildman–Crippen LogP) is 1.37. The van der Waals surface area contributed by atoms with E-state index in [0.717, 1.165) is 5.56 Å². The van der Waals surface area contributed by atoms with Gasteiger partial charge >= 0.3 is 0 Å². The molecule has 0 saturated heterocycles. The summed E-state index contributed by atoms with van der Waals surface area (Å²) in [6.45, 7) is 1.77. The van der Waals surface area contributed by atoms with Gasteiger partial charge in [-0.3, -0.25) is 4.72 Å². The van der Waals surface area contributed by atoms with Crippen molar-refractivity contribution in [2.75, 3.05) is 17.6 Å². The van der Waals surface area contributed by atoms with Crippen molar-refractivity contribution in [1.82, 2.24) is 5.16 Å². The molecule has 0 fully saturated rings. The number of sulfonamides is 1. The minimum Gasteiger partial charge on any atom is -0.495 e. The van der Waals surface area contributed by atoms with E-state index in [-0.39, 0.29) is 16.3 Å². The van der Waals surface area contributed by atoms with Gasteiger partial charge in [-0.1, -0.05) is 5.16 Å². The van der Waals surface area contributed by atoms with Gasteiger partial charge in [0.15, 0.2) is 0 Å². The van der Waals surface area contributed by atoms with E-state index >= 15 is 0 Å². The lowest BCUT2D eigenvalue weighted by Gasteiger charge is -2.12. The number of rotatable bonds is 4. The van der Waals surface area contributed by atoms with Gasteiger partial charge in [-0.15, -0.1) is 0 Å². The van der Waals surface area contributed by atoms with Crippen LogP contribution in [0.1, 0.15) is 5.56 Å². The molecule has 1 aromatic carbocycles. The number of hydrogen-bond acceptors (Lipinski definition) is 6. The second-order valence-corrected chi connectivity index (χ2v) is 5.53. The van der Waals surface area contributed by atoms with E-state index < -0.39 is 10.0 Å². The van der Waals surface area contributed by atoms with Crippen LogP contribution in [0, 0.1) is 6.92 Å². The molecule has 0 unspecified atom stereocenters. The number of nitrogen functional groups attached to an aromatic ring is 1. The summed E-state index contributed by atoms with van der Waals surface area (Å²) in [5.74, 6) is 0.218. The Kier molecular flexibility index (Phi) is 3.34. The number of nitrogens with zero attached hydrogens (tertiary/aromatic N) is 1. The van der Waals surface area contributed by atoms with Crippen molar-refractivity contribution in [3.8, 4) is 5.75 Å². The van der Waals surface area contributed by atoms with Crippen molar-refractivity contribution in [3.63, 3.8) is 0 Å². The van der Waals surface area contributed by atoms with Crippen LogP contribution in [0.4, 0.5) is 11.4 Å². The lowest BCUT2D eigenvalue weighted by atomic mass is 10.2. The Bertz CT molecular complexity index is 680. The second kappa shape index (κ2) is 4.81. The van der Waals surface area contributed by atoms with Crippen LogP contribution in [0.5, 0.6) is 5.75 Å². The molecule has 0 atom stereocenters. The summed E-state index contributed by atoms with van der Waals surface area (Å²) in [4.78, 5) is -0.0423. The first-order chi connectivity index (χ1) is 8.94. The number of anilines is 2. The maximum atomic E-state index is 12.2. The number of methoxy groups -OCH3 is 1. The Labute approximate surface area is 110 Å². The molecule has 0 spiro atoms. The summed E-state index contributed by atoms with van der Waals surface area (Å²) in [7, 11) is -2.43. The van der Waals surface area contributed by atoms with Crippen LogP contribution < -0.4 is 15.2 Å². The summed E-state index contributed by atoms with van der Waals surface area (Å²) >= 11 is 0. The number of ether oxygens (including phenoxy) is 1. The van der Waals surface area contributed by atoms with E-state index in [1.54, 1.807) is 13.0 Å². The molecule has 0 bridgehead atoms. The Morgan fingerprint density at radius 2 is 2.16 bits per heavy atom. The first-order valence-corrected chi connectivity index (χ1v) is 6.78. The van der Waals surface area contributed by atoms with E-state index in [9.17, 15) is 8.42 Å². The summed E-state index contributed by atoms with van der Waals surface area (Å²) in [6, 6.07) is 2.92. The number of aromatic nitrogens is 1. The maximum Gasteiger partial charge on any atom is 0.265 e. The van der Waals surface area contributed by atoms with Crippen molar-refractivity contribution in [2.45, 2.75) is 11.8 Å². The van der Waals surface area contributed by atoms with Gasteiger partial charge in [0.1, 0.15) is 22.6 Å². The van der Waals surface area contributed by atoms with Gasteiger partial charge in [-0.05, 0) is 24.6 Å². The van der Waals surface area contributed by atoms with E-state index in [1.165, 1.54) is 25.6 Å². The zero-order valence-corrected chi connectivity index (χ0v) is 11.2. The molecule has 0 aliphatic rings. The van der Waals surface area contributed by atoms with Crippen LogP contribution in [0.25, 0.3) is 0 Å². The van der Waals surface area contributed by atoms with Crippen LogP contribution >= 0.6 is 0 Å². The summed E-state index contributed by atoms with van der Waals surface area (Å²) in [5, 5.41) is 3.42. The fraction of sp³-hybridized carbons (Fsp3) is 0.182. The third kappa shape index (κ3) is 2.63. The third-order valence-corrected chi connectivity index (χ3v) is 3.93.